The maximum atomic E-state index is 13.7. The summed E-state index contributed by atoms with van der Waals surface area (Å²) in [7, 11) is 0. The van der Waals surface area contributed by atoms with Crippen molar-refractivity contribution in [1.82, 2.24) is 4.98 Å². The van der Waals surface area contributed by atoms with E-state index in [4.69, 9.17) is 10.5 Å². The smallest absolute Gasteiger partial charge is 0.316 e. The molecule has 0 fully saturated rings. The molecule has 0 bridgehead atoms. The molecule has 5 nitrogen and oxygen atoms in total. The van der Waals surface area contributed by atoms with Gasteiger partial charge in [0.15, 0.2) is 11.6 Å². The van der Waals surface area contributed by atoms with E-state index in [-0.39, 0.29) is 36.6 Å². The number of nitrogens with two attached hydrogens (primary N) is 1. The molecular weight excluding hydrogens is 251 g/mol. The minimum atomic E-state index is -0.999. The number of hydrogen-bond acceptors (Lipinski definition) is 5. The topological polar surface area (TPSA) is 82.3 Å². The maximum absolute atomic E-state index is 13.7. The lowest BCUT2D eigenvalue weighted by atomic mass is 9.94. The molecule has 0 aliphatic carbocycles. The van der Waals surface area contributed by atoms with Crippen LogP contribution in [0.2, 0.25) is 0 Å². The Morgan fingerprint density at radius 2 is 2.16 bits per heavy atom. The molecule has 1 aromatic rings. The van der Waals surface area contributed by atoms with Crippen molar-refractivity contribution in [2.75, 3.05) is 12.3 Å². The summed E-state index contributed by atoms with van der Waals surface area (Å²) >= 11 is 0. The zero-order chi connectivity index (χ0) is 14.4. The number of halogens is 1. The predicted octanol–water partition coefficient (Wildman–Crippen LogP) is 1.50. The molecule has 19 heavy (non-hydrogen) atoms. The fourth-order valence-corrected chi connectivity index (χ4v) is 1.70. The van der Waals surface area contributed by atoms with E-state index in [0.29, 0.717) is 0 Å². The Hall–Kier alpha value is -1.98. The predicted molar refractivity (Wildman–Crippen MR) is 67.7 cm³/mol. The van der Waals surface area contributed by atoms with Gasteiger partial charge >= 0.3 is 5.97 Å². The number of ketones is 1. The van der Waals surface area contributed by atoms with Crippen molar-refractivity contribution in [3.05, 3.63) is 23.6 Å². The van der Waals surface area contributed by atoms with E-state index < -0.39 is 17.7 Å². The highest BCUT2D eigenvalue weighted by Crippen LogP contribution is 2.18. The number of anilines is 1. The summed E-state index contributed by atoms with van der Waals surface area (Å²) in [5, 5.41) is 0. The third-order valence-electron chi connectivity index (χ3n) is 2.73. The van der Waals surface area contributed by atoms with E-state index in [2.05, 4.69) is 4.98 Å². The maximum Gasteiger partial charge on any atom is 0.316 e. The van der Waals surface area contributed by atoms with E-state index in [9.17, 15) is 14.0 Å². The molecule has 6 heteroatoms. The van der Waals surface area contributed by atoms with Crippen molar-refractivity contribution in [3.8, 4) is 0 Å². The summed E-state index contributed by atoms with van der Waals surface area (Å²) in [5.41, 5.74) is 5.54. The Morgan fingerprint density at radius 3 is 2.74 bits per heavy atom. The van der Waals surface area contributed by atoms with Gasteiger partial charge in [-0.2, -0.15) is 0 Å². The first-order valence-electron chi connectivity index (χ1n) is 6.09. The van der Waals surface area contributed by atoms with Gasteiger partial charge in [-0.1, -0.05) is 6.92 Å². The Labute approximate surface area is 111 Å². The number of ether oxygens (including phenoxy) is 1. The molecule has 1 unspecified atom stereocenters. The van der Waals surface area contributed by atoms with Crippen LogP contribution in [0.5, 0.6) is 0 Å². The number of Topliss-reactive ketones (excluding diaryl/α,β-unsaturated/α-hetero) is 1. The highest BCUT2D eigenvalue weighted by molar-refractivity contribution is 5.99. The highest BCUT2D eigenvalue weighted by Gasteiger charge is 2.28. The summed E-state index contributed by atoms with van der Waals surface area (Å²) in [6, 6.07) is 1.40. The number of carbonyl (C=O) groups excluding carboxylic acids is 2. The first-order chi connectivity index (χ1) is 9.01. The molecule has 2 N–H and O–H groups in total. The summed E-state index contributed by atoms with van der Waals surface area (Å²) in [4.78, 5) is 27.1. The summed E-state index contributed by atoms with van der Waals surface area (Å²) in [5.74, 6) is -2.86. The monoisotopic (exact) mass is 268 g/mol. The van der Waals surface area contributed by atoms with E-state index in [1.165, 1.54) is 12.3 Å². The fourth-order valence-electron chi connectivity index (χ4n) is 1.70. The lowest BCUT2D eigenvalue weighted by Gasteiger charge is -2.14. The van der Waals surface area contributed by atoms with E-state index in [1.807, 2.05) is 0 Å². The quantitative estimate of drug-likeness (QED) is 0.624. The molecular formula is C13H17FN2O3. The van der Waals surface area contributed by atoms with Crippen LogP contribution in [0.1, 0.15) is 25.8 Å². The molecule has 1 atom stereocenters. The van der Waals surface area contributed by atoms with Crippen molar-refractivity contribution in [2.24, 2.45) is 5.92 Å². The van der Waals surface area contributed by atoms with Gasteiger partial charge in [0, 0.05) is 12.6 Å². The van der Waals surface area contributed by atoms with Crippen molar-refractivity contribution in [2.45, 2.75) is 26.7 Å². The van der Waals surface area contributed by atoms with Crippen LogP contribution >= 0.6 is 0 Å². The van der Waals surface area contributed by atoms with Gasteiger partial charge in [-0.25, -0.2) is 9.37 Å². The number of aromatic nitrogens is 1. The summed E-state index contributed by atoms with van der Waals surface area (Å²) in [6.07, 6.45) is 1.46. The number of pyridine rings is 1. The number of rotatable bonds is 6. The van der Waals surface area contributed by atoms with Gasteiger partial charge in [0.2, 0.25) is 0 Å². The number of nitrogen functional groups attached to an aromatic ring is 1. The third kappa shape index (κ3) is 3.74. The zero-order valence-corrected chi connectivity index (χ0v) is 11.0. The van der Waals surface area contributed by atoms with Crippen LogP contribution in [0.25, 0.3) is 0 Å². The van der Waals surface area contributed by atoms with Gasteiger partial charge in [0.1, 0.15) is 11.7 Å². The first kappa shape index (κ1) is 15.1. The lowest BCUT2D eigenvalue weighted by Crippen LogP contribution is -2.28. The second-order valence-electron chi connectivity index (χ2n) is 4.00. The largest absolute Gasteiger partial charge is 0.465 e. The minimum absolute atomic E-state index is 0.0654. The average molecular weight is 268 g/mol. The molecule has 0 saturated carbocycles. The normalized spacial score (nSPS) is 11.9. The average Bonchev–Trinajstić information content (AvgIpc) is 2.39. The second-order valence-corrected chi connectivity index (χ2v) is 4.00. The minimum Gasteiger partial charge on any atom is -0.465 e. The van der Waals surface area contributed by atoms with Crippen LogP contribution in [0.4, 0.5) is 10.2 Å². The van der Waals surface area contributed by atoms with Crippen LogP contribution in [-0.4, -0.2) is 23.3 Å². The molecule has 1 aromatic heterocycles. The van der Waals surface area contributed by atoms with Gasteiger partial charge < -0.3 is 10.5 Å². The third-order valence-corrected chi connectivity index (χ3v) is 2.73. The van der Waals surface area contributed by atoms with Gasteiger partial charge in [0.05, 0.1) is 6.61 Å². The number of hydrogen-bond donors (Lipinski definition) is 1. The van der Waals surface area contributed by atoms with Crippen LogP contribution in [-0.2, 0) is 20.7 Å². The van der Waals surface area contributed by atoms with Crippen molar-refractivity contribution in [3.63, 3.8) is 0 Å². The molecule has 104 valence electrons. The Bertz CT molecular complexity index is 477. The van der Waals surface area contributed by atoms with Crippen molar-refractivity contribution in [1.29, 1.82) is 0 Å². The van der Waals surface area contributed by atoms with Crippen LogP contribution < -0.4 is 5.73 Å². The van der Waals surface area contributed by atoms with Crippen LogP contribution in [0.15, 0.2) is 12.3 Å². The van der Waals surface area contributed by atoms with E-state index >= 15 is 0 Å². The highest BCUT2D eigenvalue weighted by atomic mass is 19.1. The van der Waals surface area contributed by atoms with Gasteiger partial charge in [0.25, 0.3) is 0 Å². The van der Waals surface area contributed by atoms with E-state index in [1.54, 1.807) is 13.8 Å². The lowest BCUT2D eigenvalue weighted by molar-refractivity contribution is -0.151. The molecule has 0 aliphatic rings. The molecule has 0 spiro atoms. The molecule has 1 heterocycles. The van der Waals surface area contributed by atoms with Crippen molar-refractivity contribution < 1.29 is 18.7 Å². The number of carbonyl (C=O) groups is 2. The molecule has 1 rings (SSSR count). The summed E-state index contributed by atoms with van der Waals surface area (Å²) < 4.78 is 18.6. The molecule has 0 aliphatic heterocycles. The fraction of sp³-hybridized carbons (Fsp3) is 0.462. The van der Waals surface area contributed by atoms with Crippen LogP contribution in [0.3, 0.4) is 0 Å². The first-order valence-corrected chi connectivity index (χ1v) is 6.09. The van der Waals surface area contributed by atoms with Crippen LogP contribution in [0, 0.1) is 11.7 Å². The Morgan fingerprint density at radius 1 is 1.47 bits per heavy atom. The zero-order valence-electron chi connectivity index (χ0n) is 11.0. The molecule has 0 amide bonds. The second kappa shape index (κ2) is 6.82. The Balaban J connectivity index is 2.97. The number of esters is 1. The van der Waals surface area contributed by atoms with Gasteiger partial charge in [-0.15, -0.1) is 0 Å². The van der Waals surface area contributed by atoms with Crippen molar-refractivity contribution >= 4 is 17.6 Å². The van der Waals surface area contributed by atoms with Gasteiger partial charge in [-0.3, -0.25) is 9.59 Å². The number of nitrogens with zero attached hydrogens (tertiary/aromatic N) is 1. The summed E-state index contributed by atoms with van der Waals surface area (Å²) in [6.45, 7) is 3.47. The SMILES string of the molecule is CCOC(=O)C(Cc1ccnc(N)c1F)C(=O)CC. The molecule has 0 aromatic carbocycles. The standard InChI is InChI=1S/C13H17FN2O3/c1-3-10(17)9(13(18)19-4-2)7-8-5-6-16-12(15)11(8)14/h5-6,9H,3-4,7H2,1-2H3,(H2,15,16). The molecule has 0 radical (unpaired) electrons. The Kier molecular flexibility index (Phi) is 5.41. The van der Waals surface area contributed by atoms with Gasteiger partial charge in [-0.05, 0) is 25.0 Å². The molecule has 0 saturated heterocycles. The van der Waals surface area contributed by atoms with E-state index in [0.717, 1.165) is 0 Å².